The summed E-state index contributed by atoms with van der Waals surface area (Å²) in [5.74, 6) is 1.75. The van der Waals surface area contributed by atoms with Crippen LogP contribution < -0.4 is 0 Å². The summed E-state index contributed by atoms with van der Waals surface area (Å²) in [5.41, 5.74) is 0. The molecule has 1 aliphatic carbocycles. The first-order valence-corrected chi connectivity index (χ1v) is 6.43. The van der Waals surface area contributed by atoms with Gasteiger partial charge in [0.15, 0.2) is 0 Å². The van der Waals surface area contributed by atoms with E-state index in [-0.39, 0.29) is 0 Å². The van der Waals surface area contributed by atoms with Gasteiger partial charge in [-0.15, -0.1) is 0 Å². The molecule has 1 heterocycles. The normalized spacial score (nSPS) is 38.5. The predicted molar refractivity (Wildman–Crippen MR) is 61.8 cm³/mol. The number of nitrogens with zero attached hydrogens (tertiary/aromatic N) is 1. The highest BCUT2D eigenvalue weighted by Crippen LogP contribution is 2.27. The van der Waals surface area contributed by atoms with Crippen LogP contribution >= 0.6 is 0 Å². The van der Waals surface area contributed by atoms with Crippen molar-refractivity contribution in [1.82, 2.24) is 4.90 Å². The van der Waals surface area contributed by atoms with Gasteiger partial charge in [-0.1, -0.05) is 6.92 Å². The molecule has 86 valence electrons. The van der Waals surface area contributed by atoms with E-state index in [1.165, 1.54) is 19.4 Å². The van der Waals surface area contributed by atoms with Crippen molar-refractivity contribution in [1.29, 1.82) is 0 Å². The van der Waals surface area contributed by atoms with Crippen LogP contribution in [-0.4, -0.2) is 29.8 Å². The molecule has 2 fully saturated rings. The molecule has 0 aromatic carbocycles. The largest absolute Gasteiger partial charge is 0.300 e. The maximum atomic E-state index is 11.6. The molecule has 0 spiro atoms. The topological polar surface area (TPSA) is 20.3 Å². The molecule has 2 aliphatic rings. The Morgan fingerprint density at radius 3 is 2.73 bits per heavy atom. The van der Waals surface area contributed by atoms with Crippen molar-refractivity contribution in [3.63, 3.8) is 0 Å². The van der Waals surface area contributed by atoms with Gasteiger partial charge >= 0.3 is 0 Å². The van der Waals surface area contributed by atoms with Crippen LogP contribution in [0.2, 0.25) is 0 Å². The lowest BCUT2D eigenvalue weighted by atomic mass is 9.92. The summed E-state index contributed by atoms with van der Waals surface area (Å²) in [7, 11) is 0. The third kappa shape index (κ3) is 2.60. The Bertz CT molecular complexity index is 239. The highest BCUT2D eigenvalue weighted by molar-refractivity contribution is 5.83. The number of hydrogen-bond donors (Lipinski definition) is 0. The van der Waals surface area contributed by atoms with Crippen molar-refractivity contribution in [3.05, 3.63) is 0 Å². The summed E-state index contributed by atoms with van der Waals surface area (Å²) in [6.07, 6.45) is 5.72. The van der Waals surface area contributed by atoms with Gasteiger partial charge in [0.2, 0.25) is 0 Å². The Morgan fingerprint density at radius 2 is 2.13 bits per heavy atom. The van der Waals surface area contributed by atoms with Gasteiger partial charge in [-0.2, -0.15) is 0 Å². The van der Waals surface area contributed by atoms with Gasteiger partial charge < -0.3 is 0 Å². The SMILES string of the molecule is CC1CCN(CC2CCCC2=O)C(C)C1. The van der Waals surface area contributed by atoms with Gasteiger partial charge in [0.1, 0.15) is 5.78 Å². The van der Waals surface area contributed by atoms with Crippen molar-refractivity contribution in [3.8, 4) is 0 Å². The lowest BCUT2D eigenvalue weighted by Crippen LogP contribution is -2.43. The molecule has 3 unspecified atom stereocenters. The number of carbonyl (C=O) groups is 1. The molecule has 1 aliphatic heterocycles. The number of ketones is 1. The zero-order valence-electron chi connectivity index (χ0n) is 10.0. The van der Waals surface area contributed by atoms with Crippen molar-refractivity contribution < 1.29 is 4.79 Å². The van der Waals surface area contributed by atoms with E-state index in [0.29, 0.717) is 17.7 Å². The van der Waals surface area contributed by atoms with Crippen LogP contribution in [0.25, 0.3) is 0 Å². The van der Waals surface area contributed by atoms with E-state index < -0.39 is 0 Å². The third-order valence-corrected chi connectivity index (χ3v) is 4.16. The molecule has 1 saturated carbocycles. The van der Waals surface area contributed by atoms with Crippen LogP contribution in [-0.2, 0) is 4.79 Å². The van der Waals surface area contributed by atoms with Gasteiger partial charge in [0.25, 0.3) is 0 Å². The Morgan fingerprint density at radius 1 is 1.33 bits per heavy atom. The van der Waals surface area contributed by atoms with Gasteiger partial charge in [-0.05, 0) is 45.1 Å². The Labute approximate surface area is 93.0 Å². The zero-order chi connectivity index (χ0) is 10.8. The second-order valence-corrected chi connectivity index (χ2v) is 5.53. The number of carbonyl (C=O) groups excluding carboxylic acids is 1. The molecule has 1 saturated heterocycles. The quantitative estimate of drug-likeness (QED) is 0.696. The lowest BCUT2D eigenvalue weighted by molar-refractivity contribution is -0.121. The highest BCUT2D eigenvalue weighted by Gasteiger charge is 2.30. The van der Waals surface area contributed by atoms with Gasteiger partial charge in [0.05, 0.1) is 0 Å². The number of Topliss-reactive ketones (excluding diaryl/α,β-unsaturated/α-hetero) is 1. The standard InChI is InChI=1S/C13H23NO/c1-10-6-7-14(11(2)8-10)9-12-4-3-5-13(12)15/h10-12H,3-9H2,1-2H3. The highest BCUT2D eigenvalue weighted by atomic mass is 16.1. The Balaban J connectivity index is 1.86. The smallest absolute Gasteiger partial charge is 0.137 e. The fourth-order valence-corrected chi connectivity index (χ4v) is 3.09. The molecule has 3 atom stereocenters. The van der Waals surface area contributed by atoms with E-state index in [4.69, 9.17) is 0 Å². The van der Waals surface area contributed by atoms with Crippen LogP contribution in [0, 0.1) is 11.8 Å². The minimum atomic E-state index is 0.362. The van der Waals surface area contributed by atoms with Gasteiger partial charge in [0, 0.05) is 24.9 Å². The zero-order valence-corrected chi connectivity index (χ0v) is 10.0. The van der Waals surface area contributed by atoms with E-state index in [2.05, 4.69) is 18.7 Å². The average molecular weight is 209 g/mol. The molecule has 2 heteroatoms. The van der Waals surface area contributed by atoms with Gasteiger partial charge in [-0.3, -0.25) is 9.69 Å². The molecule has 0 aromatic heterocycles. The van der Waals surface area contributed by atoms with E-state index in [1.54, 1.807) is 0 Å². The fourth-order valence-electron chi connectivity index (χ4n) is 3.09. The number of rotatable bonds is 2. The van der Waals surface area contributed by atoms with Crippen LogP contribution in [0.4, 0.5) is 0 Å². The molecule has 0 N–H and O–H groups in total. The van der Waals surface area contributed by atoms with E-state index >= 15 is 0 Å². The summed E-state index contributed by atoms with van der Waals surface area (Å²) < 4.78 is 0. The molecule has 2 rings (SSSR count). The first-order chi connectivity index (χ1) is 7.16. The van der Waals surface area contributed by atoms with Crippen LogP contribution in [0.15, 0.2) is 0 Å². The molecular weight excluding hydrogens is 186 g/mol. The summed E-state index contributed by atoms with van der Waals surface area (Å²) in [6, 6.07) is 0.683. The minimum Gasteiger partial charge on any atom is -0.300 e. The van der Waals surface area contributed by atoms with Crippen molar-refractivity contribution in [2.45, 2.75) is 52.0 Å². The molecule has 0 radical (unpaired) electrons. The van der Waals surface area contributed by atoms with Crippen molar-refractivity contribution in [2.24, 2.45) is 11.8 Å². The van der Waals surface area contributed by atoms with E-state index in [1.807, 2.05) is 0 Å². The lowest BCUT2D eigenvalue weighted by Gasteiger charge is -2.37. The van der Waals surface area contributed by atoms with E-state index in [0.717, 1.165) is 31.7 Å². The maximum absolute atomic E-state index is 11.6. The first-order valence-electron chi connectivity index (χ1n) is 6.43. The van der Waals surface area contributed by atoms with Crippen molar-refractivity contribution >= 4 is 5.78 Å². The number of hydrogen-bond acceptors (Lipinski definition) is 2. The Hall–Kier alpha value is -0.370. The number of likely N-dealkylation sites (tertiary alicyclic amines) is 1. The average Bonchev–Trinajstić information content (AvgIpc) is 2.57. The first kappa shape index (κ1) is 11.1. The second-order valence-electron chi connectivity index (χ2n) is 5.53. The van der Waals surface area contributed by atoms with Gasteiger partial charge in [-0.25, -0.2) is 0 Å². The number of piperidine rings is 1. The molecule has 0 amide bonds. The molecule has 0 bridgehead atoms. The summed E-state index contributed by atoms with van der Waals surface area (Å²) >= 11 is 0. The monoisotopic (exact) mass is 209 g/mol. The predicted octanol–water partition coefficient (Wildman–Crippen LogP) is 2.48. The summed E-state index contributed by atoms with van der Waals surface area (Å²) in [5, 5.41) is 0. The van der Waals surface area contributed by atoms with Crippen LogP contribution in [0.3, 0.4) is 0 Å². The Kier molecular flexibility index (Phi) is 3.45. The maximum Gasteiger partial charge on any atom is 0.137 e. The second kappa shape index (κ2) is 4.65. The molecule has 2 nitrogen and oxygen atoms in total. The van der Waals surface area contributed by atoms with Crippen LogP contribution in [0.5, 0.6) is 0 Å². The fraction of sp³-hybridized carbons (Fsp3) is 0.923. The third-order valence-electron chi connectivity index (χ3n) is 4.16. The molecule has 0 aromatic rings. The summed E-state index contributed by atoms with van der Waals surface area (Å²) in [6.45, 7) is 6.89. The molecular formula is C13H23NO. The summed E-state index contributed by atoms with van der Waals surface area (Å²) in [4.78, 5) is 14.1. The minimum absolute atomic E-state index is 0.362. The molecule has 15 heavy (non-hydrogen) atoms. The van der Waals surface area contributed by atoms with E-state index in [9.17, 15) is 4.79 Å². The van der Waals surface area contributed by atoms with Crippen molar-refractivity contribution in [2.75, 3.05) is 13.1 Å². The van der Waals surface area contributed by atoms with Crippen LogP contribution in [0.1, 0.15) is 46.0 Å².